The highest BCUT2D eigenvalue weighted by atomic mass is 32.2. The number of hydrogen-bond donors (Lipinski definition) is 2. The molecule has 1 aliphatic heterocycles. The van der Waals surface area contributed by atoms with E-state index in [-0.39, 0.29) is 29.8 Å². The van der Waals surface area contributed by atoms with Crippen LogP contribution in [0.25, 0.3) is 0 Å². The van der Waals surface area contributed by atoms with Crippen LogP contribution in [0.15, 0.2) is 5.16 Å². The minimum Gasteiger partial charge on any atom is -0.409 e. The first-order chi connectivity index (χ1) is 9.31. The fourth-order valence-corrected chi connectivity index (χ4v) is 4.43. The zero-order valence-corrected chi connectivity index (χ0v) is 12.4. The van der Waals surface area contributed by atoms with Crippen molar-refractivity contribution in [2.75, 3.05) is 24.6 Å². The van der Waals surface area contributed by atoms with E-state index in [1.54, 1.807) is 4.90 Å². The number of carbonyl (C=O) groups excluding carboxylic acids is 1. The molecular weight excluding hydrogens is 282 g/mol. The molecule has 1 aliphatic carbocycles. The second-order valence-corrected chi connectivity index (χ2v) is 8.18. The van der Waals surface area contributed by atoms with Crippen LogP contribution in [-0.2, 0) is 14.6 Å². The maximum Gasteiger partial charge on any atom is 0.236 e. The first kappa shape index (κ1) is 15.1. The number of hydrogen-bond acceptors (Lipinski definition) is 5. The highest BCUT2D eigenvalue weighted by molar-refractivity contribution is 7.91. The van der Waals surface area contributed by atoms with Crippen molar-refractivity contribution in [1.82, 2.24) is 4.90 Å². The van der Waals surface area contributed by atoms with Gasteiger partial charge in [0.15, 0.2) is 15.7 Å². The van der Waals surface area contributed by atoms with E-state index < -0.39 is 15.3 Å². The second kappa shape index (κ2) is 5.23. The van der Waals surface area contributed by atoms with Crippen LogP contribution in [-0.4, -0.2) is 54.9 Å². The highest BCUT2D eigenvalue weighted by Crippen LogP contribution is 2.47. The molecule has 0 radical (unpaired) electrons. The highest BCUT2D eigenvalue weighted by Gasteiger charge is 2.53. The molecule has 0 atom stereocenters. The fraction of sp³-hybridized carbons (Fsp3) is 0.833. The van der Waals surface area contributed by atoms with Crippen LogP contribution >= 0.6 is 0 Å². The van der Waals surface area contributed by atoms with Gasteiger partial charge in [-0.1, -0.05) is 12.1 Å². The molecule has 2 aliphatic rings. The van der Waals surface area contributed by atoms with Gasteiger partial charge in [-0.3, -0.25) is 4.79 Å². The largest absolute Gasteiger partial charge is 0.409 e. The molecule has 0 spiro atoms. The summed E-state index contributed by atoms with van der Waals surface area (Å²) in [6.07, 6.45) is 1.53. The fourth-order valence-electron chi connectivity index (χ4n) is 3.16. The average Bonchev–Trinajstić information content (AvgIpc) is 2.54. The van der Waals surface area contributed by atoms with E-state index >= 15 is 0 Å². The molecule has 0 aromatic carbocycles. The summed E-state index contributed by atoms with van der Waals surface area (Å²) in [5.41, 5.74) is 4.77. The van der Waals surface area contributed by atoms with Crippen LogP contribution < -0.4 is 5.73 Å². The van der Waals surface area contributed by atoms with Gasteiger partial charge in [0.05, 0.1) is 11.5 Å². The van der Waals surface area contributed by atoms with Gasteiger partial charge in [0.1, 0.15) is 5.41 Å². The minimum absolute atomic E-state index is 0.0133. The second-order valence-electron chi connectivity index (χ2n) is 5.88. The Labute approximate surface area is 118 Å². The van der Waals surface area contributed by atoms with Gasteiger partial charge in [0.25, 0.3) is 0 Å². The number of oxime groups is 1. The number of nitrogens with two attached hydrogens (primary N) is 1. The summed E-state index contributed by atoms with van der Waals surface area (Å²) in [5, 5.41) is 11.9. The summed E-state index contributed by atoms with van der Waals surface area (Å²) in [6.45, 7) is 2.60. The molecule has 114 valence electrons. The Hall–Kier alpha value is -1.31. The zero-order valence-electron chi connectivity index (χ0n) is 11.6. The summed E-state index contributed by atoms with van der Waals surface area (Å²) in [5.74, 6) is 0.176. The van der Waals surface area contributed by atoms with Crippen molar-refractivity contribution < 1.29 is 18.4 Å². The number of amidine groups is 1. The summed E-state index contributed by atoms with van der Waals surface area (Å²) in [7, 11) is -3.06. The molecule has 1 saturated carbocycles. The Morgan fingerprint density at radius 2 is 2.00 bits per heavy atom. The van der Waals surface area contributed by atoms with Gasteiger partial charge >= 0.3 is 0 Å². The van der Waals surface area contributed by atoms with E-state index in [2.05, 4.69) is 5.16 Å². The van der Waals surface area contributed by atoms with Gasteiger partial charge in [-0.05, 0) is 25.2 Å². The molecule has 2 fully saturated rings. The molecule has 3 N–H and O–H groups in total. The lowest BCUT2D eigenvalue weighted by Gasteiger charge is -2.46. The molecule has 7 nitrogen and oxygen atoms in total. The molecule has 1 saturated heterocycles. The maximum absolute atomic E-state index is 12.7. The van der Waals surface area contributed by atoms with E-state index in [9.17, 15) is 13.2 Å². The van der Waals surface area contributed by atoms with Crippen molar-refractivity contribution in [2.24, 2.45) is 22.2 Å². The topological polar surface area (TPSA) is 113 Å². The molecule has 0 aromatic heterocycles. The Morgan fingerprint density at radius 3 is 2.55 bits per heavy atom. The molecular formula is C12H21N3O4S. The first-order valence-electron chi connectivity index (χ1n) is 6.78. The van der Waals surface area contributed by atoms with Gasteiger partial charge in [0, 0.05) is 13.1 Å². The molecule has 0 unspecified atom stereocenters. The van der Waals surface area contributed by atoms with Crippen molar-refractivity contribution in [2.45, 2.75) is 26.2 Å². The first-order valence-corrected chi connectivity index (χ1v) is 8.61. The van der Waals surface area contributed by atoms with Gasteiger partial charge in [-0.15, -0.1) is 0 Å². The van der Waals surface area contributed by atoms with E-state index in [1.165, 1.54) is 0 Å². The van der Waals surface area contributed by atoms with Gasteiger partial charge in [0.2, 0.25) is 5.91 Å². The van der Waals surface area contributed by atoms with Crippen molar-refractivity contribution in [3.63, 3.8) is 0 Å². The van der Waals surface area contributed by atoms with Crippen molar-refractivity contribution in [3.05, 3.63) is 0 Å². The molecule has 0 bridgehead atoms. The van der Waals surface area contributed by atoms with Gasteiger partial charge in [-0.25, -0.2) is 8.42 Å². The average molecular weight is 303 g/mol. The zero-order chi connectivity index (χ0) is 15.0. The third kappa shape index (κ3) is 2.61. The lowest BCUT2D eigenvalue weighted by molar-refractivity contribution is -0.144. The minimum atomic E-state index is -3.06. The van der Waals surface area contributed by atoms with Gasteiger partial charge in [-0.2, -0.15) is 0 Å². The number of amides is 1. The predicted octanol–water partition coefficient (Wildman–Crippen LogP) is -0.204. The maximum atomic E-state index is 12.7. The number of sulfone groups is 1. The lowest BCUT2D eigenvalue weighted by Crippen LogP contribution is -2.58. The lowest BCUT2D eigenvalue weighted by atomic mass is 9.61. The van der Waals surface area contributed by atoms with Crippen LogP contribution in [0.1, 0.15) is 26.2 Å². The van der Waals surface area contributed by atoms with E-state index in [1.807, 2.05) is 6.92 Å². The van der Waals surface area contributed by atoms with E-state index in [0.717, 1.165) is 0 Å². The third-order valence-electron chi connectivity index (χ3n) is 4.24. The third-order valence-corrected chi connectivity index (χ3v) is 5.96. The van der Waals surface area contributed by atoms with Crippen LogP contribution in [0.4, 0.5) is 0 Å². The van der Waals surface area contributed by atoms with Crippen molar-refractivity contribution in [3.8, 4) is 0 Å². The van der Waals surface area contributed by atoms with Crippen LogP contribution in [0.3, 0.4) is 0 Å². The molecule has 20 heavy (non-hydrogen) atoms. The molecule has 1 amide bonds. The normalized spacial score (nSPS) is 34.1. The predicted molar refractivity (Wildman–Crippen MR) is 74.1 cm³/mol. The number of nitrogens with zero attached hydrogens (tertiary/aromatic N) is 2. The molecule has 0 aromatic rings. The Morgan fingerprint density at radius 1 is 1.35 bits per heavy atom. The monoisotopic (exact) mass is 303 g/mol. The summed E-state index contributed by atoms with van der Waals surface area (Å²) >= 11 is 0. The summed E-state index contributed by atoms with van der Waals surface area (Å²) < 4.78 is 23.2. The standard InChI is InChI=1S/C12H21N3O4S/c1-9-7-12(8-9,10(13)14-17)11(16)15-3-2-5-20(18,19)6-4-15/h9,17H,2-8H2,1H3,(H2,13,14). The van der Waals surface area contributed by atoms with Crippen molar-refractivity contribution in [1.29, 1.82) is 0 Å². The van der Waals surface area contributed by atoms with Crippen LogP contribution in [0.5, 0.6) is 0 Å². The smallest absolute Gasteiger partial charge is 0.236 e. The van der Waals surface area contributed by atoms with E-state index in [0.29, 0.717) is 31.7 Å². The van der Waals surface area contributed by atoms with Crippen molar-refractivity contribution >= 4 is 21.6 Å². The van der Waals surface area contributed by atoms with E-state index in [4.69, 9.17) is 10.9 Å². The Balaban J connectivity index is 2.17. The summed E-state index contributed by atoms with van der Waals surface area (Å²) in [4.78, 5) is 14.2. The molecule has 1 heterocycles. The van der Waals surface area contributed by atoms with Crippen LogP contribution in [0, 0.1) is 11.3 Å². The number of carbonyl (C=O) groups is 1. The summed E-state index contributed by atoms with van der Waals surface area (Å²) in [6, 6.07) is 0. The molecule has 8 heteroatoms. The Bertz CT molecular complexity index is 523. The van der Waals surface area contributed by atoms with Crippen LogP contribution in [0.2, 0.25) is 0 Å². The SMILES string of the molecule is CC1CC(C(=O)N2CCCS(=O)(=O)CC2)(C(N)=NO)C1. The Kier molecular flexibility index (Phi) is 3.95. The quantitative estimate of drug-likeness (QED) is 0.317. The van der Waals surface area contributed by atoms with Gasteiger partial charge < -0.3 is 15.8 Å². The number of rotatable bonds is 2. The molecule has 2 rings (SSSR count).